The van der Waals surface area contributed by atoms with Crippen LogP contribution in [0.2, 0.25) is 0 Å². The van der Waals surface area contributed by atoms with E-state index < -0.39 is 32.1 Å². The molecule has 1 saturated heterocycles. The second kappa shape index (κ2) is 7.59. The first-order valence-electron chi connectivity index (χ1n) is 9.20. The molecule has 2 aromatic carbocycles. The van der Waals surface area contributed by atoms with Gasteiger partial charge < -0.3 is 0 Å². The summed E-state index contributed by atoms with van der Waals surface area (Å²) >= 11 is 0. The van der Waals surface area contributed by atoms with Crippen LogP contribution in [0, 0.1) is 13.8 Å². The first-order chi connectivity index (χ1) is 13.0. The molecule has 0 aliphatic carbocycles. The third-order valence-corrected chi connectivity index (χ3v) is 9.12. The molecule has 28 heavy (non-hydrogen) atoms. The van der Waals surface area contributed by atoms with Crippen molar-refractivity contribution in [3.8, 4) is 0 Å². The highest BCUT2D eigenvalue weighted by Crippen LogP contribution is 2.28. The van der Waals surface area contributed by atoms with Crippen molar-refractivity contribution < 1.29 is 16.8 Å². The van der Waals surface area contributed by atoms with Crippen LogP contribution in [0.4, 0.5) is 0 Å². The van der Waals surface area contributed by atoms with E-state index >= 15 is 0 Å². The van der Waals surface area contributed by atoms with Gasteiger partial charge in [-0.15, -0.1) is 0 Å². The van der Waals surface area contributed by atoms with Crippen LogP contribution in [0.1, 0.15) is 25.0 Å². The fraction of sp³-hybridized carbons (Fsp3) is 0.400. The Morgan fingerprint density at radius 3 is 1.21 bits per heavy atom. The number of benzene rings is 2. The molecule has 0 radical (unpaired) electrons. The monoisotopic (exact) mass is 422 g/mol. The van der Waals surface area contributed by atoms with E-state index in [-0.39, 0.29) is 22.9 Å². The van der Waals surface area contributed by atoms with Gasteiger partial charge in [-0.2, -0.15) is 8.61 Å². The molecule has 0 unspecified atom stereocenters. The van der Waals surface area contributed by atoms with E-state index in [0.717, 1.165) is 11.1 Å². The number of rotatable bonds is 4. The summed E-state index contributed by atoms with van der Waals surface area (Å²) in [6, 6.07) is 12.5. The Labute approximate surface area is 167 Å². The zero-order valence-electron chi connectivity index (χ0n) is 16.5. The van der Waals surface area contributed by atoms with E-state index in [1.165, 1.54) is 8.61 Å². The second-order valence-electron chi connectivity index (χ2n) is 7.47. The normalized spacial score (nSPS) is 22.3. The lowest BCUT2D eigenvalue weighted by molar-refractivity contribution is 0.163. The van der Waals surface area contributed by atoms with Gasteiger partial charge >= 0.3 is 0 Å². The van der Waals surface area contributed by atoms with Crippen LogP contribution in [0.3, 0.4) is 0 Å². The summed E-state index contributed by atoms with van der Waals surface area (Å²) in [5, 5.41) is 0. The number of hydrogen-bond acceptors (Lipinski definition) is 4. The lowest BCUT2D eigenvalue weighted by Crippen LogP contribution is -2.59. The second-order valence-corrected chi connectivity index (χ2v) is 11.3. The predicted octanol–water partition coefficient (Wildman–Crippen LogP) is 2.78. The molecule has 0 spiro atoms. The number of nitrogens with zero attached hydrogens (tertiary/aromatic N) is 2. The van der Waals surface area contributed by atoms with Gasteiger partial charge in [0.2, 0.25) is 20.0 Å². The Kier molecular flexibility index (Phi) is 5.69. The van der Waals surface area contributed by atoms with Crippen molar-refractivity contribution in [2.45, 2.75) is 49.6 Å². The summed E-state index contributed by atoms with van der Waals surface area (Å²) in [4.78, 5) is 0.457. The number of sulfonamides is 2. The molecule has 0 bridgehead atoms. The van der Waals surface area contributed by atoms with Crippen LogP contribution >= 0.6 is 0 Å². The molecule has 2 aromatic rings. The summed E-state index contributed by atoms with van der Waals surface area (Å²) < 4.78 is 55.1. The smallest absolute Gasteiger partial charge is 0.207 e. The lowest BCUT2D eigenvalue weighted by Gasteiger charge is -2.42. The van der Waals surface area contributed by atoms with Crippen LogP contribution in [-0.2, 0) is 20.0 Å². The van der Waals surface area contributed by atoms with Gasteiger partial charge in [0.25, 0.3) is 0 Å². The van der Waals surface area contributed by atoms with E-state index in [0.29, 0.717) is 0 Å². The molecule has 2 atom stereocenters. The molecule has 1 aliphatic rings. The maximum absolute atomic E-state index is 13.1. The number of hydrogen-bond donors (Lipinski definition) is 0. The van der Waals surface area contributed by atoms with Crippen LogP contribution in [0.15, 0.2) is 58.3 Å². The number of aryl methyl sites for hydroxylation is 2. The molecular formula is C20H26N2O4S2. The molecule has 6 nitrogen and oxygen atoms in total. The van der Waals surface area contributed by atoms with Crippen molar-refractivity contribution in [1.82, 2.24) is 8.61 Å². The van der Waals surface area contributed by atoms with E-state index in [1.807, 2.05) is 13.8 Å². The Hall–Kier alpha value is -1.74. The molecule has 0 aromatic heterocycles. The van der Waals surface area contributed by atoms with E-state index in [1.54, 1.807) is 62.4 Å². The zero-order chi connectivity index (χ0) is 20.7. The van der Waals surface area contributed by atoms with Gasteiger partial charge in [0, 0.05) is 25.2 Å². The lowest BCUT2D eigenvalue weighted by atomic mass is 10.2. The van der Waals surface area contributed by atoms with Gasteiger partial charge in [0.1, 0.15) is 0 Å². The first kappa shape index (κ1) is 21.0. The van der Waals surface area contributed by atoms with Gasteiger partial charge in [0.15, 0.2) is 0 Å². The van der Waals surface area contributed by atoms with Gasteiger partial charge in [-0.05, 0) is 52.0 Å². The summed E-state index contributed by atoms with van der Waals surface area (Å²) in [7, 11) is -7.38. The fourth-order valence-electron chi connectivity index (χ4n) is 3.42. The SMILES string of the molecule is Cc1ccc(S(=O)(=O)N2C[C@@H](C)N(S(=O)(=O)c3ccc(C)cc3)C[C@H]2C)cc1. The Morgan fingerprint density at radius 2 is 0.929 bits per heavy atom. The van der Waals surface area contributed by atoms with Crippen molar-refractivity contribution in [3.05, 3.63) is 59.7 Å². The third-order valence-electron chi connectivity index (χ3n) is 5.13. The molecule has 1 fully saturated rings. The standard InChI is InChI=1S/C20H26N2O4S2/c1-15-5-9-19(10-6-15)27(23,24)21-13-18(4)22(14-17(21)3)28(25,26)20-11-7-16(2)8-12-20/h5-12,17-18H,13-14H2,1-4H3/t17-,18-/m1/s1. The average Bonchev–Trinajstić information content (AvgIpc) is 2.63. The van der Waals surface area contributed by atoms with Crippen LogP contribution < -0.4 is 0 Å². The summed E-state index contributed by atoms with van der Waals surface area (Å²) in [5.74, 6) is 0. The molecular weight excluding hydrogens is 396 g/mol. The van der Waals surface area contributed by atoms with Crippen molar-refractivity contribution in [3.63, 3.8) is 0 Å². The zero-order valence-corrected chi connectivity index (χ0v) is 18.2. The fourth-order valence-corrected chi connectivity index (χ4v) is 6.83. The van der Waals surface area contributed by atoms with Crippen LogP contribution in [-0.4, -0.2) is 50.6 Å². The predicted molar refractivity (Wildman–Crippen MR) is 109 cm³/mol. The molecule has 0 saturated carbocycles. The Morgan fingerprint density at radius 1 is 0.643 bits per heavy atom. The summed E-state index contributed by atoms with van der Waals surface area (Å²) in [6.45, 7) is 7.51. The molecule has 1 aliphatic heterocycles. The average molecular weight is 423 g/mol. The molecule has 3 rings (SSSR count). The summed E-state index contributed by atoms with van der Waals surface area (Å²) in [6.07, 6.45) is 0. The van der Waals surface area contributed by atoms with Crippen molar-refractivity contribution >= 4 is 20.0 Å². The summed E-state index contributed by atoms with van der Waals surface area (Å²) in [5.41, 5.74) is 1.96. The van der Waals surface area contributed by atoms with Crippen LogP contribution in [0.5, 0.6) is 0 Å². The van der Waals surface area contributed by atoms with E-state index in [4.69, 9.17) is 0 Å². The maximum Gasteiger partial charge on any atom is 0.243 e. The minimum absolute atomic E-state index is 0.114. The quantitative estimate of drug-likeness (QED) is 0.759. The van der Waals surface area contributed by atoms with Crippen molar-refractivity contribution in [2.75, 3.05) is 13.1 Å². The Balaban J connectivity index is 1.88. The van der Waals surface area contributed by atoms with Gasteiger partial charge in [-0.1, -0.05) is 35.4 Å². The van der Waals surface area contributed by atoms with E-state index in [9.17, 15) is 16.8 Å². The highest BCUT2D eigenvalue weighted by Gasteiger charge is 2.41. The van der Waals surface area contributed by atoms with E-state index in [2.05, 4.69) is 0 Å². The molecule has 152 valence electrons. The van der Waals surface area contributed by atoms with Gasteiger partial charge in [0.05, 0.1) is 9.79 Å². The topological polar surface area (TPSA) is 74.8 Å². The highest BCUT2D eigenvalue weighted by molar-refractivity contribution is 7.89. The first-order valence-corrected chi connectivity index (χ1v) is 12.1. The highest BCUT2D eigenvalue weighted by atomic mass is 32.2. The van der Waals surface area contributed by atoms with Gasteiger partial charge in [-0.3, -0.25) is 0 Å². The number of piperazine rings is 1. The largest absolute Gasteiger partial charge is 0.243 e. The Bertz CT molecular complexity index is 959. The van der Waals surface area contributed by atoms with Crippen molar-refractivity contribution in [1.29, 1.82) is 0 Å². The van der Waals surface area contributed by atoms with Gasteiger partial charge in [-0.25, -0.2) is 16.8 Å². The molecule has 0 amide bonds. The maximum atomic E-state index is 13.1. The van der Waals surface area contributed by atoms with Crippen molar-refractivity contribution in [2.24, 2.45) is 0 Å². The minimum Gasteiger partial charge on any atom is -0.207 e. The molecule has 0 N–H and O–H groups in total. The van der Waals surface area contributed by atoms with Crippen LogP contribution in [0.25, 0.3) is 0 Å². The minimum atomic E-state index is -3.69. The third kappa shape index (κ3) is 3.87. The molecule has 8 heteroatoms. The molecule has 1 heterocycles.